The molecule has 0 unspecified atom stereocenters. The van der Waals surface area contributed by atoms with Crippen LogP contribution >= 0.6 is 0 Å². The van der Waals surface area contributed by atoms with Crippen LogP contribution in [0.2, 0.25) is 6.04 Å². The quantitative estimate of drug-likeness (QED) is 0.358. The predicted molar refractivity (Wildman–Crippen MR) is 85.8 cm³/mol. The molecule has 0 heterocycles. The Kier molecular flexibility index (Phi) is 14.0. The van der Waals surface area contributed by atoms with Gasteiger partial charge in [0.1, 0.15) is 0 Å². The Balaban J connectivity index is 3.82. The normalized spacial score (nSPS) is 12.0. The molecule has 0 atom stereocenters. The third-order valence-corrected chi connectivity index (χ3v) is 6.06. The molecule has 6 heteroatoms. The van der Waals surface area contributed by atoms with Gasteiger partial charge in [0, 0.05) is 25.9 Å². The van der Waals surface area contributed by atoms with E-state index in [9.17, 15) is 0 Å². The zero-order valence-electron chi connectivity index (χ0n) is 13.6. The highest BCUT2D eigenvalue weighted by atomic mass is 28.4. The maximum atomic E-state index is 5.81. The SMILES string of the molecule is CCO[Si](CCNCCCCCCN)(OCC)OCC. The molecule has 20 heavy (non-hydrogen) atoms. The highest BCUT2D eigenvalue weighted by Crippen LogP contribution is 2.15. The van der Waals surface area contributed by atoms with Crippen molar-refractivity contribution in [1.82, 2.24) is 5.32 Å². The summed E-state index contributed by atoms with van der Waals surface area (Å²) in [6, 6.07) is 0.839. The molecular weight excluding hydrogens is 272 g/mol. The number of nitrogens with two attached hydrogens (primary N) is 1. The second kappa shape index (κ2) is 14.0. The first-order valence-electron chi connectivity index (χ1n) is 8.07. The van der Waals surface area contributed by atoms with Crippen LogP contribution in [-0.2, 0) is 13.3 Å². The Morgan fingerprint density at radius 2 is 1.35 bits per heavy atom. The van der Waals surface area contributed by atoms with Gasteiger partial charge in [-0.1, -0.05) is 12.8 Å². The largest absolute Gasteiger partial charge is 0.502 e. The van der Waals surface area contributed by atoms with Crippen LogP contribution in [0.15, 0.2) is 0 Å². The molecule has 3 N–H and O–H groups in total. The zero-order valence-corrected chi connectivity index (χ0v) is 14.6. The summed E-state index contributed by atoms with van der Waals surface area (Å²) < 4.78 is 17.4. The molecule has 0 radical (unpaired) electrons. The molecule has 0 fully saturated rings. The summed E-state index contributed by atoms with van der Waals surface area (Å²) in [5.41, 5.74) is 5.47. The van der Waals surface area contributed by atoms with E-state index in [0.717, 1.165) is 32.1 Å². The van der Waals surface area contributed by atoms with Crippen molar-refractivity contribution >= 4 is 8.80 Å². The van der Waals surface area contributed by atoms with Gasteiger partial charge in [-0.25, -0.2) is 0 Å². The van der Waals surface area contributed by atoms with Gasteiger partial charge in [0.25, 0.3) is 0 Å². The van der Waals surface area contributed by atoms with E-state index < -0.39 is 8.80 Å². The van der Waals surface area contributed by atoms with E-state index in [1.807, 2.05) is 20.8 Å². The summed E-state index contributed by atoms with van der Waals surface area (Å²) in [5.74, 6) is 0. The molecule has 0 spiro atoms. The summed E-state index contributed by atoms with van der Waals surface area (Å²) in [6.07, 6.45) is 4.81. The first-order valence-corrected chi connectivity index (χ1v) is 10.0. The Bertz CT molecular complexity index is 192. The summed E-state index contributed by atoms with van der Waals surface area (Å²) >= 11 is 0. The number of hydrogen-bond acceptors (Lipinski definition) is 5. The van der Waals surface area contributed by atoms with Gasteiger partial charge in [0.15, 0.2) is 0 Å². The topological polar surface area (TPSA) is 65.7 Å². The number of hydrogen-bond donors (Lipinski definition) is 2. The maximum Gasteiger partial charge on any atom is 0.502 e. The molecule has 0 aromatic carbocycles. The van der Waals surface area contributed by atoms with Gasteiger partial charge in [-0.05, 0) is 53.2 Å². The molecule has 0 aliphatic carbocycles. The first-order chi connectivity index (χ1) is 9.74. The average molecular weight is 307 g/mol. The van der Waals surface area contributed by atoms with Gasteiger partial charge in [-0.15, -0.1) is 0 Å². The zero-order chi connectivity index (χ0) is 15.1. The molecule has 0 aliphatic rings. The van der Waals surface area contributed by atoms with Crippen molar-refractivity contribution in [2.45, 2.75) is 52.5 Å². The van der Waals surface area contributed by atoms with Crippen LogP contribution in [0.3, 0.4) is 0 Å². The molecule has 0 aromatic heterocycles. The molecule has 122 valence electrons. The van der Waals surface area contributed by atoms with Crippen LogP contribution < -0.4 is 11.1 Å². The molecule has 0 saturated carbocycles. The van der Waals surface area contributed by atoms with E-state index in [2.05, 4.69) is 5.32 Å². The van der Waals surface area contributed by atoms with Gasteiger partial charge in [-0.2, -0.15) is 0 Å². The van der Waals surface area contributed by atoms with Crippen LogP contribution in [-0.4, -0.2) is 48.3 Å². The Morgan fingerprint density at radius 3 is 1.85 bits per heavy atom. The molecule has 0 aliphatic heterocycles. The summed E-state index contributed by atoms with van der Waals surface area (Å²) in [5, 5.41) is 3.46. The van der Waals surface area contributed by atoms with Crippen molar-refractivity contribution < 1.29 is 13.3 Å². The minimum Gasteiger partial charge on any atom is -0.374 e. The van der Waals surface area contributed by atoms with Crippen molar-refractivity contribution in [3.05, 3.63) is 0 Å². The number of nitrogens with one attached hydrogen (secondary N) is 1. The average Bonchev–Trinajstić information content (AvgIpc) is 2.43. The van der Waals surface area contributed by atoms with Crippen LogP contribution in [0.4, 0.5) is 0 Å². The lowest BCUT2D eigenvalue weighted by Gasteiger charge is -2.28. The lowest BCUT2D eigenvalue weighted by atomic mass is 10.2. The standard InChI is InChI=1S/C14H34N2O3Si/c1-4-17-20(18-5-2,19-6-3)14-13-16-12-10-8-7-9-11-15/h16H,4-15H2,1-3H3. The number of unbranched alkanes of at least 4 members (excludes halogenated alkanes) is 3. The van der Waals surface area contributed by atoms with Gasteiger partial charge < -0.3 is 24.3 Å². The van der Waals surface area contributed by atoms with E-state index in [1.54, 1.807) is 0 Å². The molecule has 0 rings (SSSR count). The molecule has 0 bridgehead atoms. The van der Waals surface area contributed by atoms with Crippen LogP contribution in [0.25, 0.3) is 0 Å². The monoisotopic (exact) mass is 306 g/mol. The Labute approximate surface area is 125 Å². The second-order valence-corrected chi connectivity index (χ2v) is 7.42. The van der Waals surface area contributed by atoms with Gasteiger partial charge in [0.05, 0.1) is 0 Å². The van der Waals surface area contributed by atoms with Crippen LogP contribution in [0, 0.1) is 0 Å². The lowest BCUT2D eigenvalue weighted by Crippen LogP contribution is -2.48. The highest BCUT2D eigenvalue weighted by molar-refractivity contribution is 6.60. The lowest BCUT2D eigenvalue weighted by molar-refractivity contribution is 0.0714. The summed E-state index contributed by atoms with van der Waals surface area (Å²) in [4.78, 5) is 0. The predicted octanol–water partition coefficient (Wildman–Crippen LogP) is 2.14. The third kappa shape index (κ3) is 9.85. The first kappa shape index (κ1) is 20.0. The minimum absolute atomic E-state index is 0.644. The fraction of sp³-hybridized carbons (Fsp3) is 1.00. The van der Waals surface area contributed by atoms with Crippen molar-refractivity contribution in [1.29, 1.82) is 0 Å². The van der Waals surface area contributed by atoms with Crippen molar-refractivity contribution in [2.24, 2.45) is 5.73 Å². The Hall–Kier alpha value is 0.0169. The van der Waals surface area contributed by atoms with Gasteiger partial charge in [-0.3, -0.25) is 0 Å². The fourth-order valence-corrected chi connectivity index (χ4v) is 4.60. The molecule has 0 aromatic rings. The summed E-state index contributed by atoms with van der Waals surface area (Å²) in [7, 11) is -2.46. The van der Waals surface area contributed by atoms with Crippen LogP contribution in [0.1, 0.15) is 46.5 Å². The van der Waals surface area contributed by atoms with E-state index in [4.69, 9.17) is 19.0 Å². The Morgan fingerprint density at radius 1 is 0.800 bits per heavy atom. The molecular formula is C14H34N2O3Si. The minimum atomic E-state index is -2.46. The van der Waals surface area contributed by atoms with Crippen molar-refractivity contribution in [3.8, 4) is 0 Å². The van der Waals surface area contributed by atoms with Gasteiger partial charge >= 0.3 is 8.80 Å². The maximum absolute atomic E-state index is 5.81. The second-order valence-electron chi connectivity index (χ2n) is 4.68. The van der Waals surface area contributed by atoms with Crippen LogP contribution in [0.5, 0.6) is 0 Å². The van der Waals surface area contributed by atoms with Crippen molar-refractivity contribution in [2.75, 3.05) is 39.5 Å². The molecule has 0 saturated heterocycles. The van der Waals surface area contributed by atoms with E-state index in [-0.39, 0.29) is 0 Å². The molecule has 0 amide bonds. The number of rotatable bonds is 15. The van der Waals surface area contributed by atoms with Gasteiger partial charge in [0.2, 0.25) is 0 Å². The van der Waals surface area contributed by atoms with E-state index in [0.29, 0.717) is 19.8 Å². The van der Waals surface area contributed by atoms with Crippen molar-refractivity contribution in [3.63, 3.8) is 0 Å². The smallest absolute Gasteiger partial charge is 0.374 e. The van der Waals surface area contributed by atoms with E-state index in [1.165, 1.54) is 19.3 Å². The summed E-state index contributed by atoms with van der Waals surface area (Å²) in [6.45, 7) is 10.6. The van der Waals surface area contributed by atoms with E-state index >= 15 is 0 Å². The highest BCUT2D eigenvalue weighted by Gasteiger charge is 2.39. The third-order valence-electron chi connectivity index (χ3n) is 3.01. The fourth-order valence-electron chi connectivity index (χ4n) is 2.12. The molecule has 5 nitrogen and oxygen atoms in total.